The minimum Gasteiger partial charge on any atom is -0.232 e. The van der Waals surface area contributed by atoms with Crippen molar-refractivity contribution >= 4 is 29.0 Å². The summed E-state index contributed by atoms with van der Waals surface area (Å²) in [6.07, 6.45) is 0. The normalized spacial score (nSPS) is 11.1. The van der Waals surface area contributed by atoms with Crippen molar-refractivity contribution in [3.63, 3.8) is 0 Å². The summed E-state index contributed by atoms with van der Waals surface area (Å²) in [6.45, 7) is 2.28. The van der Waals surface area contributed by atoms with Crippen LogP contribution in [0.1, 0.15) is 11.3 Å². The van der Waals surface area contributed by atoms with E-state index in [4.69, 9.17) is 23.2 Å². The van der Waals surface area contributed by atoms with Gasteiger partial charge in [-0.1, -0.05) is 41.4 Å². The van der Waals surface area contributed by atoms with E-state index >= 15 is 0 Å². The van der Waals surface area contributed by atoms with Crippen LogP contribution in [0.4, 0.5) is 5.82 Å². The zero-order valence-corrected chi connectivity index (χ0v) is 11.3. The molecule has 1 heterocycles. The van der Waals surface area contributed by atoms with Crippen molar-refractivity contribution in [2.24, 2.45) is 10.2 Å². The molecule has 1 aromatic heterocycles. The van der Waals surface area contributed by atoms with Crippen LogP contribution in [0.3, 0.4) is 0 Å². The number of nitrogens with zero attached hydrogens (tertiary/aromatic N) is 3. The fourth-order valence-electron chi connectivity index (χ4n) is 1.47. The molecule has 0 atom stereocenters. The van der Waals surface area contributed by atoms with E-state index in [1.54, 1.807) is 12.1 Å². The molecule has 0 aliphatic rings. The van der Waals surface area contributed by atoms with Gasteiger partial charge in [0.05, 0.1) is 6.54 Å². The maximum atomic E-state index is 6.02. The van der Waals surface area contributed by atoms with Crippen LogP contribution in [0.25, 0.3) is 0 Å². The quantitative estimate of drug-likeness (QED) is 0.730. The third kappa shape index (κ3) is 3.52. The van der Waals surface area contributed by atoms with E-state index in [-0.39, 0.29) is 0 Å². The molecule has 0 radical (unpaired) electrons. The summed E-state index contributed by atoms with van der Waals surface area (Å²) >= 11 is 11.9. The van der Waals surface area contributed by atoms with Gasteiger partial charge in [0.2, 0.25) is 0 Å². The summed E-state index contributed by atoms with van der Waals surface area (Å²) in [5, 5.41) is 9.40. The molecule has 0 aliphatic carbocycles. The standard InChI is InChI=1S/C13H11Cl2N3/c1-9-6-11(14)7-13(17-9)18-16-8-10-4-2-3-5-12(10)15/h2-7H,8H2,1H3. The summed E-state index contributed by atoms with van der Waals surface area (Å²) in [5.74, 6) is 0.507. The lowest BCUT2D eigenvalue weighted by atomic mass is 10.2. The monoisotopic (exact) mass is 279 g/mol. The van der Waals surface area contributed by atoms with Crippen LogP contribution in [0, 0.1) is 6.92 Å². The van der Waals surface area contributed by atoms with Crippen LogP contribution in [0.15, 0.2) is 46.6 Å². The first-order valence-electron chi connectivity index (χ1n) is 5.40. The first-order valence-corrected chi connectivity index (χ1v) is 6.16. The average molecular weight is 280 g/mol. The summed E-state index contributed by atoms with van der Waals surface area (Å²) in [4.78, 5) is 4.21. The molecule has 1 aromatic carbocycles. The molecule has 0 bridgehead atoms. The number of hydrogen-bond acceptors (Lipinski definition) is 3. The number of hydrogen-bond donors (Lipinski definition) is 0. The molecule has 18 heavy (non-hydrogen) atoms. The Morgan fingerprint density at radius 3 is 2.67 bits per heavy atom. The van der Waals surface area contributed by atoms with E-state index in [1.165, 1.54) is 0 Å². The third-order valence-electron chi connectivity index (χ3n) is 2.28. The van der Waals surface area contributed by atoms with Crippen LogP contribution in [0.5, 0.6) is 0 Å². The topological polar surface area (TPSA) is 37.6 Å². The van der Waals surface area contributed by atoms with E-state index in [9.17, 15) is 0 Å². The van der Waals surface area contributed by atoms with E-state index < -0.39 is 0 Å². The smallest absolute Gasteiger partial charge is 0.175 e. The number of pyridine rings is 1. The lowest BCUT2D eigenvalue weighted by molar-refractivity contribution is 0.943. The van der Waals surface area contributed by atoms with Gasteiger partial charge in [0.1, 0.15) is 0 Å². The summed E-state index contributed by atoms with van der Waals surface area (Å²) in [5.41, 5.74) is 1.75. The Labute approximate surface area is 115 Å². The minimum absolute atomic E-state index is 0.424. The molecule has 0 fully saturated rings. The lowest BCUT2D eigenvalue weighted by Gasteiger charge is -1.99. The SMILES string of the molecule is Cc1cc(Cl)cc(N=NCc2ccccc2Cl)n1. The summed E-state index contributed by atoms with van der Waals surface area (Å²) < 4.78 is 0. The fourth-order valence-corrected chi connectivity index (χ4v) is 1.92. The first-order chi connectivity index (χ1) is 8.65. The molecule has 0 amide bonds. The van der Waals surface area contributed by atoms with E-state index in [2.05, 4.69) is 15.2 Å². The van der Waals surface area contributed by atoms with Crippen molar-refractivity contribution in [3.8, 4) is 0 Å². The van der Waals surface area contributed by atoms with Gasteiger partial charge in [-0.05, 0) is 24.6 Å². The van der Waals surface area contributed by atoms with E-state index in [0.717, 1.165) is 11.3 Å². The molecule has 0 saturated heterocycles. The second-order valence-electron chi connectivity index (χ2n) is 3.78. The number of halogens is 2. The molecule has 0 unspecified atom stereocenters. The Balaban J connectivity index is 2.10. The molecule has 2 rings (SSSR count). The largest absolute Gasteiger partial charge is 0.232 e. The Morgan fingerprint density at radius 1 is 1.17 bits per heavy atom. The molecule has 0 spiro atoms. The minimum atomic E-state index is 0.424. The van der Waals surface area contributed by atoms with Gasteiger partial charge >= 0.3 is 0 Å². The Bertz CT molecular complexity index is 562. The van der Waals surface area contributed by atoms with Crippen LogP contribution in [-0.4, -0.2) is 4.98 Å². The average Bonchev–Trinajstić information content (AvgIpc) is 2.30. The van der Waals surface area contributed by atoms with Gasteiger partial charge in [0, 0.05) is 21.8 Å². The maximum Gasteiger partial charge on any atom is 0.175 e. The molecule has 0 saturated carbocycles. The van der Waals surface area contributed by atoms with Crippen LogP contribution >= 0.6 is 23.2 Å². The second-order valence-corrected chi connectivity index (χ2v) is 4.62. The van der Waals surface area contributed by atoms with E-state index in [0.29, 0.717) is 22.4 Å². The molecule has 2 aromatic rings. The number of rotatable bonds is 3. The zero-order chi connectivity index (χ0) is 13.0. The van der Waals surface area contributed by atoms with Gasteiger partial charge in [-0.15, -0.1) is 5.11 Å². The maximum absolute atomic E-state index is 6.02. The number of azo groups is 1. The molecular weight excluding hydrogens is 269 g/mol. The summed E-state index contributed by atoms with van der Waals surface area (Å²) in [7, 11) is 0. The van der Waals surface area contributed by atoms with Gasteiger partial charge in [0.15, 0.2) is 5.82 Å². The van der Waals surface area contributed by atoms with Crippen molar-refractivity contribution in [1.29, 1.82) is 0 Å². The van der Waals surface area contributed by atoms with Crippen molar-refractivity contribution in [3.05, 3.63) is 57.7 Å². The molecule has 5 heteroatoms. The second kappa shape index (κ2) is 5.94. The van der Waals surface area contributed by atoms with Gasteiger partial charge < -0.3 is 0 Å². The Hall–Kier alpha value is -1.45. The molecule has 0 aliphatic heterocycles. The predicted molar refractivity (Wildman–Crippen MR) is 73.7 cm³/mol. The highest BCUT2D eigenvalue weighted by molar-refractivity contribution is 6.31. The highest BCUT2D eigenvalue weighted by Gasteiger charge is 1.99. The Kier molecular flexibility index (Phi) is 4.28. The van der Waals surface area contributed by atoms with Crippen molar-refractivity contribution in [1.82, 2.24) is 4.98 Å². The molecule has 92 valence electrons. The van der Waals surface area contributed by atoms with Crippen molar-refractivity contribution < 1.29 is 0 Å². The number of aromatic nitrogens is 1. The van der Waals surface area contributed by atoms with Gasteiger partial charge in [-0.2, -0.15) is 5.11 Å². The molecule has 3 nitrogen and oxygen atoms in total. The van der Waals surface area contributed by atoms with E-state index in [1.807, 2.05) is 31.2 Å². The zero-order valence-electron chi connectivity index (χ0n) is 9.77. The van der Waals surface area contributed by atoms with Crippen LogP contribution < -0.4 is 0 Å². The molecular formula is C13H11Cl2N3. The highest BCUT2D eigenvalue weighted by atomic mass is 35.5. The van der Waals surface area contributed by atoms with Gasteiger partial charge in [-0.25, -0.2) is 4.98 Å². The Morgan fingerprint density at radius 2 is 1.94 bits per heavy atom. The fraction of sp³-hybridized carbons (Fsp3) is 0.154. The third-order valence-corrected chi connectivity index (χ3v) is 2.86. The number of aryl methyl sites for hydroxylation is 1. The van der Waals surface area contributed by atoms with Gasteiger partial charge in [0.25, 0.3) is 0 Å². The summed E-state index contributed by atoms with van der Waals surface area (Å²) in [6, 6.07) is 11.0. The van der Waals surface area contributed by atoms with Crippen LogP contribution in [0.2, 0.25) is 10.0 Å². The lowest BCUT2D eigenvalue weighted by Crippen LogP contribution is -1.83. The van der Waals surface area contributed by atoms with Crippen molar-refractivity contribution in [2.45, 2.75) is 13.5 Å². The van der Waals surface area contributed by atoms with Crippen molar-refractivity contribution in [2.75, 3.05) is 0 Å². The number of benzene rings is 1. The predicted octanol–water partition coefficient (Wildman–Crippen LogP) is 4.98. The van der Waals surface area contributed by atoms with Gasteiger partial charge in [-0.3, -0.25) is 0 Å². The van der Waals surface area contributed by atoms with Crippen LogP contribution in [-0.2, 0) is 6.54 Å². The molecule has 0 N–H and O–H groups in total. The first kappa shape index (κ1) is 13.0. The highest BCUT2D eigenvalue weighted by Crippen LogP contribution is 2.19.